The van der Waals surface area contributed by atoms with Gasteiger partial charge in [-0.3, -0.25) is 0 Å². The summed E-state index contributed by atoms with van der Waals surface area (Å²) >= 11 is 0. The van der Waals surface area contributed by atoms with E-state index >= 15 is 0 Å². The Morgan fingerprint density at radius 3 is 1.70 bits per heavy atom. The van der Waals surface area contributed by atoms with Gasteiger partial charge in [0, 0.05) is 16.4 Å². The SMILES string of the molecule is C=c1ccccc(=C)n(/C(C)=C/C=C\C)c(=C)ccccc1=C. The Kier molecular flexibility index (Phi) is 7.35. The molecule has 0 aliphatic rings. The van der Waals surface area contributed by atoms with E-state index in [-0.39, 0.29) is 0 Å². The number of rotatable bonds is 2. The van der Waals surface area contributed by atoms with Gasteiger partial charge in [0.05, 0.1) is 0 Å². The van der Waals surface area contributed by atoms with Gasteiger partial charge in [-0.1, -0.05) is 74.9 Å². The molecule has 0 aromatic carbocycles. The van der Waals surface area contributed by atoms with Crippen molar-refractivity contribution in [1.29, 1.82) is 0 Å². The Labute approximate surface area is 138 Å². The summed E-state index contributed by atoms with van der Waals surface area (Å²) in [4.78, 5) is 0. The molecular formula is C22H25N. The van der Waals surface area contributed by atoms with E-state index in [1.165, 1.54) is 0 Å². The maximum absolute atomic E-state index is 4.15. The highest BCUT2D eigenvalue weighted by atomic mass is 15.0. The van der Waals surface area contributed by atoms with Crippen LogP contribution in [-0.4, -0.2) is 4.57 Å². The lowest BCUT2D eigenvalue weighted by Crippen LogP contribution is -2.27. The number of nitrogens with zero attached hydrogens (tertiary/aromatic N) is 1. The fourth-order valence-corrected chi connectivity index (χ4v) is 1.99. The Balaban J connectivity index is 3.86. The molecule has 0 amide bonds. The zero-order chi connectivity index (χ0) is 17.2. The summed E-state index contributed by atoms with van der Waals surface area (Å²) in [6, 6.07) is 15.5. The van der Waals surface area contributed by atoms with Gasteiger partial charge in [-0.2, -0.15) is 0 Å². The molecule has 0 N–H and O–H groups in total. The third-order valence-corrected chi connectivity index (χ3v) is 3.26. The first-order chi connectivity index (χ1) is 11.0. The maximum atomic E-state index is 4.15. The lowest BCUT2D eigenvalue weighted by Gasteiger charge is -2.06. The molecule has 0 radical (unpaired) electrons. The number of hydrogen-bond acceptors (Lipinski definition) is 0. The van der Waals surface area contributed by atoms with Crippen LogP contribution in [0.4, 0.5) is 0 Å². The minimum absolute atomic E-state index is 0.843. The molecule has 23 heavy (non-hydrogen) atoms. The predicted octanol–water partition coefficient (Wildman–Crippen LogP) is 2.82. The normalized spacial score (nSPS) is 11.0. The van der Waals surface area contributed by atoms with Crippen LogP contribution in [0.5, 0.6) is 0 Å². The van der Waals surface area contributed by atoms with E-state index in [0.29, 0.717) is 0 Å². The second-order valence-electron chi connectivity index (χ2n) is 5.14. The Hall–Kier alpha value is -2.80. The van der Waals surface area contributed by atoms with Gasteiger partial charge in [-0.25, -0.2) is 0 Å². The van der Waals surface area contributed by atoms with Crippen molar-refractivity contribution in [2.24, 2.45) is 0 Å². The van der Waals surface area contributed by atoms with Crippen molar-refractivity contribution in [3.8, 4) is 0 Å². The molecular weight excluding hydrogens is 278 g/mol. The predicted molar refractivity (Wildman–Crippen MR) is 105 cm³/mol. The topological polar surface area (TPSA) is 4.93 Å². The zero-order valence-electron chi connectivity index (χ0n) is 14.1. The highest BCUT2D eigenvalue weighted by Gasteiger charge is 1.90. The molecule has 1 aromatic rings. The van der Waals surface area contributed by atoms with E-state index < -0.39 is 0 Å². The van der Waals surface area contributed by atoms with Crippen molar-refractivity contribution in [3.05, 3.63) is 87.9 Å². The molecule has 0 saturated carbocycles. The first kappa shape index (κ1) is 18.2. The average Bonchev–Trinajstić information content (AvgIpc) is 2.53. The van der Waals surface area contributed by atoms with Crippen LogP contribution in [-0.2, 0) is 0 Å². The highest BCUT2D eigenvalue weighted by Crippen LogP contribution is 1.94. The average molecular weight is 303 g/mol. The zero-order valence-corrected chi connectivity index (χ0v) is 14.1. The van der Waals surface area contributed by atoms with E-state index in [4.69, 9.17) is 0 Å². The van der Waals surface area contributed by atoms with Crippen molar-refractivity contribution in [3.63, 3.8) is 0 Å². The molecule has 118 valence electrons. The van der Waals surface area contributed by atoms with Gasteiger partial charge in [0.25, 0.3) is 0 Å². The summed E-state index contributed by atoms with van der Waals surface area (Å²) in [5.41, 5.74) is 1.05. The second kappa shape index (κ2) is 9.26. The van der Waals surface area contributed by atoms with Crippen LogP contribution in [0.3, 0.4) is 0 Å². The largest absolute Gasteiger partial charge is 0.316 e. The van der Waals surface area contributed by atoms with Crippen LogP contribution < -0.4 is 21.1 Å². The summed E-state index contributed by atoms with van der Waals surface area (Å²) in [5, 5.41) is 3.44. The summed E-state index contributed by atoms with van der Waals surface area (Å²) in [6.45, 7) is 20.3. The van der Waals surface area contributed by atoms with Crippen LogP contribution in [0.1, 0.15) is 13.8 Å². The smallest absolute Gasteiger partial charge is 0.0386 e. The molecule has 1 aromatic heterocycles. The van der Waals surface area contributed by atoms with Gasteiger partial charge in [0.2, 0.25) is 0 Å². The summed E-state index contributed by atoms with van der Waals surface area (Å²) in [5.74, 6) is 0. The summed E-state index contributed by atoms with van der Waals surface area (Å²) < 4.78 is 2.01. The van der Waals surface area contributed by atoms with Crippen LogP contribution >= 0.6 is 0 Å². The van der Waals surface area contributed by atoms with Crippen molar-refractivity contribution in [2.45, 2.75) is 13.8 Å². The van der Waals surface area contributed by atoms with E-state index in [0.717, 1.165) is 26.8 Å². The van der Waals surface area contributed by atoms with E-state index in [2.05, 4.69) is 26.3 Å². The monoisotopic (exact) mass is 303 g/mol. The van der Waals surface area contributed by atoms with Gasteiger partial charge >= 0.3 is 0 Å². The molecule has 0 saturated heterocycles. The molecule has 0 bridgehead atoms. The van der Waals surface area contributed by atoms with E-state index in [1.54, 1.807) is 0 Å². The molecule has 1 heteroatoms. The Bertz CT molecular complexity index is 849. The molecule has 0 fully saturated rings. The first-order valence-corrected chi connectivity index (χ1v) is 7.52. The molecule has 1 rings (SSSR count). The highest BCUT2D eigenvalue weighted by molar-refractivity contribution is 5.45. The number of allylic oxidation sites excluding steroid dienone is 4. The molecule has 0 atom stereocenters. The number of aromatic nitrogens is 1. The molecule has 0 spiro atoms. The quantitative estimate of drug-likeness (QED) is 0.741. The van der Waals surface area contributed by atoms with Crippen LogP contribution in [0.2, 0.25) is 0 Å². The maximum Gasteiger partial charge on any atom is 0.0386 e. The Morgan fingerprint density at radius 2 is 1.26 bits per heavy atom. The van der Waals surface area contributed by atoms with Crippen molar-refractivity contribution in [2.75, 3.05) is 0 Å². The summed E-state index contributed by atoms with van der Waals surface area (Å²) in [7, 11) is 0. The Morgan fingerprint density at radius 1 is 0.826 bits per heavy atom. The molecule has 1 heterocycles. The van der Waals surface area contributed by atoms with Crippen molar-refractivity contribution < 1.29 is 0 Å². The van der Waals surface area contributed by atoms with Crippen molar-refractivity contribution >= 4 is 32.0 Å². The molecule has 0 aliphatic carbocycles. The van der Waals surface area contributed by atoms with Gasteiger partial charge in [-0.15, -0.1) is 0 Å². The standard InChI is InChI=1S/C22H25N/c1-7-8-15-20(4)23-21(5)16-11-9-13-18(2)19(3)14-10-12-17-22(23)6/h7-17H,2-3,5-6H2,1,4H3/b8-7-,13-9?,14-10?,16-11?,17-12?,20-15+. The van der Waals surface area contributed by atoms with Gasteiger partial charge < -0.3 is 4.57 Å². The van der Waals surface area contributed by atoms with Gasteiger partial charge in [-0.05, 0) is 42.5 Å². The van der Waals surface area contributed by atoms with Gasteiger partial charge in [0.1, 0.15) is 0 Å². The van der Waals surface area contributed by atoms with E-state index in [9.17, 15) is 0 Å². The minimum atomic E-state index is 0.843. The van der Waals surface area contributed by atoms with Crippen LogP contribution in [0.25, 0.3) is 32.0 Å². The second-order valence-corrected chi connectivity index (χ2v) is 5.14. The third kappa shape index (κ3) is 5.84. The fourth-order valence-electron chi connectivity index (χ4n) is 1.99. The first-order valence-electron chi connectivity index (χ1n) is 7.52. The fraction of sp³-hybridized carbons (Fsp3) is 0.0909. The van der Waals surface area contributed by atoms with E-state index in [1.807, 2.05) is 85.2 Å². The molecule has 0 unspecified atom stereocenters. The lowest BCUT2D eigenvalue weighted by molar-refractivity contribution is 0.990. The molecule has 0 aliphatic heterocycles. The third-order valence-electron chi connectivity index (χ3n) is 3.26. The van der Waals surface area contributed by atoms with Gasteiger partial charge in [0.15, 0.2) is 0 Å². The van der Waals surface area contributed by atoms with Crippen LogP contribution in [0, 0.1) is 0 Å². The van der Waals surface area contributed by atoms with Crippen molar-refractivity contribution in [1.82, 2.24) is 4.57 Å². The van der Waals surface area contributed by atoms with Crippen LogP contribution in [0.15, 0.2) is 66.8 Å². The number of hydrogen-bond donors (Lipinski definition) is 0. The summed E-state index contributed by atoms with van der Waals surface area (Å²) in [6.07, 6.45) is 6.02. The lowest BCUT2D eigenvalue weighted by atomic mass is 10.3. The molecule has 1 nitrogen and oxygen atoms in total. The minimum Gasteiger partial charge on any atom is -0.316 e.